The van der Waals surface area contributed by atoms with Crippen molar-refractivity contribution in [3.63, 3.8) is 0 Å². The lowest BCUT2D eigenvalue weighted by Crippen LogP contribution is -2.67. The topological polar surface area (TPSA) is 55.8 Å². The quantitative estimate of drug-likeness (QED) is 0.411. The van der Waals surface area contributed by atoms with Crippen molar-refractivity contribution < 1.29 is 19.1 Å². The number of hydrogen-bond donors (Lipinski definition) is 1. The first kappa shape index (κ1) is 23.1. The average Bonchev–Trinajstić information content (AvgIpc) is 2.73. The first-order valence-electron chi connectivity index (χ1n) is 9.78. The number of carbonyl (C=O) groups excluding carboxylic acids is 1. The molecule has 0 fully saturated rings. The predicted molar refractivity (Wildman–Crippen MR) is 120 cm³/mol. The number of aliphatic hydroxyl groups excluding tert-OH is 1. The molecule has 2 aromatic carbocycles. The predicted octanol–water partition coefficient (Wildman–Crippen LogP) is 3.29. The van der Waals surface area contributed by atoms with Crippen LogP contribution in [0.15, 0.2) is 73.3 Å². The summed E-state index contributed by atoms with van der Waals surface area (Å²) >= 11 is 0. The number of ether oxygens (including phenoxy) is 1. The second-order valence-corrected chi connectivity index (χ2v) is 12.8. The van der Waals surface area contributed by atoms with Gasteiger partial charge in [-0.1, -0.05) is 87.5 Å². The van der Waals surface area contributed by atoms with Crippen molar-refractivity contribution in [1.29, 1.82) is 0 Å². The van der Waals surface area contributed by atoms with Crippen molar-refractivity contribution in [1.82, 2.24) is 0 Å². The number of aliphatic hydroxyl groups is 1. The third-order valence-electron chi connectivity index (χ3n) is 5.62. The van der Waals surface area contributed by atoms with Crippen LogP contribution < -0.4 is 10.4 Å². The summed E-state index contributed by atoms with van der Waals surface area (Å²) in [5.41, 5.74) is -1.25. The van der Waals surface area contributed by atoms with Crippen LogP contribution >= 0.6 is 0 Å². The number of carbonyl (C=O) groups is 1. The fourth-order valence-corrected chi connectivity index (χ4v) is 8.28. The maximum Gasteiger partial charge on any atom is 0.318 e. The number of benzene rings is 2. The molecule has 0 aromatic heterocycles. The SMILES string of the molecule is C=C[C@@](C)(C(=O)OC)[C@@H](O)CO[Si](c1ccccc1)(c1ccccc1)C(C)(C)C. The van der Waals surface area contributed by atoms with Gasteiger partial charge in [-0.3, -0.25) is 4.79 Å². The van der Waals surface area contributed by atoms with Crippen LogP contribution in [0.2, 0.25) is 5.04 Å². The monoisotopic (exact) mass is 412 g/mol. The summed E-state index contributed by atoms with van der Waals surface area (Å²) in [6.07, 6.45) is 0.340. The van der Waals surface area contributed by atoms with Gasteiger partial charge in [0, 0.05) is 0 Å². The molecule has 156 valence electrons. The highest BCUT2D eigenvalue weighted by atomic mass is 28.4. The number of rotatable bonds is 8. The van der Waals surface area contributed by atoms with Crippen molar-refractivity contribution in [3.8, 4) is 0 Å². The van der Waals surface area contributed by atoms with E-state index in [1.807, 2.05) is 36.4 Å². The molecule has 29 heavy (non-hydrogen) atoms. The zero-order valence-electron chi connectivity index (χ0n) is 18.0. The fraction of sp³-hybridized carbons (Fsp3) is 0.375. The number of hydrogen-bond acceptors (Lipinski definition) is 4. The van der Waals surface area contributed by atoms with Gasteiger partial charge in [0.15, 0.2) is 0 Å². The molecule has 2 aromatic rings. The van der Waals surface area contributed by atoms with Crippen LogP contribution in [0.1, 0.15) is 27.7 Å². The minimum absolute atomic E-state index is 0.00903. The molecule has 0 unspecified atom stereocenters. The average molecular weight is 413 g/mol. The van der Waals surface area contributed by atoms with Crippen molar-refractivity contribution in [2.75, 3.05) is 13.7 Å². The molecule has 0 radical (unpaired) electrons. The van der Waals surface area contributed by atoms with Crippen molar-refractivity contribution in [2.24, 2.45) is 5.41 Å². The summed E-state index contributed by atoms with van der Waals surface area (Å²) in [5, 5.41) is 12.9. The standard InChI is InChI=1S/C24H32O4Si/c1-7-24(5,22(26)27-6)21(25)18-28-29(23(2,3)4,19-14-10-8-11-15-19)20-16-12-9-13-17-20/h7-17,21,25H,1,18H2,2-6H3/t21-,24+/m0/s1. The second kappa shape index (κ2) is 9.07. The third-order valence-corrected chi connectivity index (χ3v) is 10.6. The van der Waals surface area contributed by atoms with Gasteiger partial charge < -0.3 is 14.3 Å². The first-order chi connectivity index (χ1) is 13.6. The van der Waals surface area contributed by atoms with E-state index >= 15 is 0 Å². The molecule has 0 amide bonds. The number of esters is 1. The first-order valence-corrected chi connectivity index (χ1v) is 11.7. The van der Waals surface area contributed by atoms with Gasteiger partial charge in [-0.05, 0) is 22.3 Å². The molecule has 4 nitrogen and oxygen atoms in total. The van der Waals surface area contributed by atoms with Crippen LogP contribution in [-0.4, -0.2) is 39.2 Å². The highest BCUT2D eigenvalue weighted by Crippen LogP contribution is 2.37. The molecule has 0 spiro atoms. The van der Waals surface area contributed by atoms with Crippen LogP contribution in [0.5, 0.6) is 0 Å². The summed E-state index contributed by atoms with van der Waals surface area (Å²) in [4.78, 5) is 12.3. The minimum Gasteiger partial charge on any atom is -0.468 e. The Kier molecular flexibility index (Phi) is 7.22. The van der Waals surface area contributed by atoms with Crippen molar-refractivity contribution in [2.45, 2.75) is 38.8 Å². The van der Waals surface area contributed by atoms with Gasteiger partial charge in [0.1, 0.15) is 5.41 Å². The highest BCUT2D eigenvalue weighted by molar-refractivity contribution is 6.99. The van der Waals surface area contributed by atoms with E-state index < -0.39 is 25.8 Å². The van der Waals surface area contributed by atoms with Gasteiger partial charge in [-0.15, -0.1) is 6.58 Å². The van der Waals surface area contributed by atoms with Gasteiger partial charge in [0.2, 0.25) is 0 Å². The summed E-state index contributed by atoms with van der Waals surface area (Å²) in [7, 11) is -1.49. The summed E-state index contributed by atoms with van der Waals surface area (Å²) in [5.74, 6) is -0.536. The largest absolute Gasteiger partial charge is 0.468 e. The summed E-state index contributed by atoms with van der Waals surface area (Å²) in [6.45, 7) is 11.8. The van der Waals surface area contributed by atoms with E-state index in [2.05, 4.69) is 51.6 Å². The Balaban J connectivity index is 2.55. The van der Waals surface area contributed by atoms with E-state index in [0.29, 0.717) is 0 Å². The Morgan fingerprint density at radius 2 is 1.48 bits per heavy atom. The van der Waals surface area contributed by atoms with Gasteiger partial charge in [0.05, 0.1) is 19.8 Å². The zero-order chi connectivity index (χ0) is 21.7. The zero-order valence-corrected chi connectivity index (χ0v) is 19.0. The molecule has 0 saturated carbocycles. The Hall–Kier alpha value is -2.21. The lowest BCUT2D eigenvalue weighted by atomic mass is 9.85. The second-order valence-electron chi connectivity index (χ2n) is 8.47. The normalized spacial score (nSPS) is 15.2. The summed E-state index contributed by atoms with van der Waals surface area (Å²) < 4.78 is 11.6. The number of methoxy groups -OCH3 is 1. The molecular formula is C24H32O4Si. The van der Waals surface area contributed by atoms with Gasteiger partial charge in [-0.25, -0.2) is 0 Å². The van der Waals surface area contributed by atoms with Crippen LogP contribution in [-0.2, 0) is 14.0 Å². The smallest absolute Gasteiger partial charge is 0.318 e. The molecule has 1 N–H and O–H groups in total. The van der Waals surface area contributed by atoms with Gasteiger partial charge >= 0.3 is 5.97 Å². The van der Waals surface area contributed by atoms with E-state index in [1.165, 1.54) is 13.2 Å². The lowest BCUT2D eigenvalue weighted by Gasteiger charge is -2.44. The van der Waals surface area contributed by atoms with Crippen LogP contribution in [0.3, 0.4) is 0 Å². The minimum atomic E-state index is -2.80. The Morgan fingerprint density at radius 1 is 1.03 bits per heavy atom. The third kappa shape index (κ3) is 4.37. The fourth-order valence-electron chi connectivity index (χ4n) is 3.71. The van der Waals surface area contributed by atoms with E-state index in [1.54, 1.807) is 6.92 Å². The molecule has 0 heterocycles. The van der Waals surface area contributed by atoms with Crippen LogP contribution in [0, 0.1) is 5.41 Å². The van der Waals surface area contributed by atoms with Crippen molar-refractivity contribution >= 4 is 24.7 Å². The molecule has 0 aliphatic rings. The molecule has 2 atom stereocenters. The molecule has 5 heteroatoms. The van der Waals surface area contributed by atoms with E-state index in [-0.39, 0.29) is 11.6 Å². The maximum atomic E-state index is 12.3. The van der Waals surface area contributed by atoms with Gasteiger partial charge in [0.25, 0.3) is 8.32 Å². The van der Waals surface area contributed by atoms with Crippen LogP contribution in [0.25, 0.3) is 0 Å². The van der Waals surface area contributed by atoms with E-state index in [4.69, 9.17) is 9.16 Å². The van der Waals surface area contributed by atoms with Gasteiger partial charge in [-0.2, -0.15) is 0 Å². The molecule has 0 saturated heterocycles. The molecular weight excluding hydrogens is 380 g/mol. The Labute approximate surface area is 175 Å². The molecule has 2 rings (SSSR count). The Morgan fingerprint density at radius 3 is 1.83 bits per heavy atom. The Bertz CT molecular complexity index is 774. The lowest BCUT2D eigenvalue weighted by molar-refractivity contribution is -0.155. The van der Waals surface area contributed by atoms with Crippen LogP contribution in [0.4, 0.5) is 0 Å². The summed E-state index contributed by atoms with van der Waals surface area (Å²) in [6, 6.07) is 20.3. The molecule has 0 bridgehead atoms. The molecule has 0 aliphatic carbocycles. The van der Waals surface area contributed by atoms with E-state index in [0.717, 1.165) is 10.4 Å². The van der Waals surface area contributed by atoms with E-state index in [9.17, 15) is 9.90 Å². The molecule has 0 aliphatic heterocycles. The van der Waals surface area contributed by atoms with Crippen molar-refractivity contribution in [3.05, 3.63) is 73.3 Å². The maximum absolute atomic E-state index is 12.3. The highest BCUT2D eigenvalue weighted by Gasteiger charge is 2.51.